The van der Waals surface area contributed by atoms with E-state index in [4.69, 9.17) is 10.6 Å². The number of hydrogen-bond donors (Lipinski definition) is 2. The zero-order valence-electron chi connectivity index (χ0n) is 13.5. The summed E-state index contributed by atoms with van der Waals surface area (Å²) in [5.74, 6) is 5.94. The summed E-state index contributed by atoms with van der Waals surface area (Å²) in [6.45, 7) is 4.73. The van der Waals surface area contributed by atoms with E-state index in [1.807, 2.05) is 7.11 Å². The van der Waals surface area contributed by atoms with Gasteiger partial charge in [-0.25, -0.2) is 0 Å². The fraction of sp³-hybridized carbons (Fsp3) is 0.882. The molecule has 1 atom stereocenters. The number of hydrazine groups is 1. The van der Waals surface area contributed by atoms with E-state index < -0.39 is 0 Å². The van der Waals surface area contributed by atoms with Gasteiger partial charge in [-0.05, 0) is 56.8 Å². The van der Waals surface area contributed by atoms with Gasteiger partial charge in [0.1, 0.15) is 0 Å². The second-order valence-electron chi connectivity index (χ2n) is 7.41. The molecule has 2 aliphatic rings. The number of rotatable bonds is 4. The van der Waals surface area contributed by atoms with Crippen LogP contribution in [-0.2, 0) is 4.74 Å². The Kier molecular flexibility index (Phi) is 5.27. The largest absolute Gasteiger partial charge is 0.376 e. The summed E-state index contributed by atoms with van der Waals surface area (Å²) in [5, 5.41) is 0. The average Bonchev–Trinajstić information content (AvgIpc) is 2.71. The fourth-order valence-electron chi connectivity index (χ4n) is 3.86. The third kappa shape index (κ3) is 3.44. The van der Waals surface area contributed by atoms with Gasteiger partial charge >= 0.3 is 0 Å². The summed E-state index contributed by atoms with van der Waals surface area (Å²) in [5.41, 5.74) is 4.91. The minimum atomic E-state index is -0.111. The van der Waals surface area contributed by atoms with E-state index in [0.717, 1.165) is 12.8 Å². The molecule has 0 aromatic rings. The first-order chi connectivity index (χ1) is 9.53. The van der Waals surface area contributed by atoms with Gasteiger partial charge in [-0.2, -0.15) is 0 Å². The van der Waals surface area contributed by atoms with Gasteiger partial charge < -0.3 is 4.74 Å². The van der Waals surface area contributed by atoms with Gasteiger partial charge in [0.25, 0.3) is 0 Å². The quantitative estimate of drug-likeness (QED) is 0.469. The van der Waals surface area contributed by atoms with Crippen molar-refractivity contribution >= 4 is 0 Å². The number of nitrogens with one attached hydrogen (secondary N) is 1. The van der Waals surface area contributed by atoms with Crippen LogP contribution < -0.4 is 11.3 Å². The van der Waals surface area contributed by atoms with Crippen molar-refractivity contribution in [1.29, 1.82) is 0 Å². The molecule has 3 heteroatoms. The van der Waals surface area contributed by atoms with Crippen LogP contribution in [0.5, 0.6) is 0 Å². The molecule has 0 spiro atoms. The van der Waals surface area contributed by atoms with Crippen LogP contribution in [0, 0.1) is 5.41 Å². The predicted molar refractivity (Wildman–Crippen MR) is 84.3 cm³/mol. The number of hydrogen-bond acceptors (Lipinski definition) is 3. The first kappa shape index (κ1) is 16.0. The van der Waals surface area contributed by atoms with Gasteiger partial charge in [0.2, 0.25) is 0 Å². The van der Waals surface area contributed by atoms with Crippen LogP contribution in [0.3, 0.4) is 0 Å². The normalized spacial score (nSPS) is 27.5. The zero-order valence-corrected chi connectivity index (χ0v) is 13.5. The predicted octanol–water partition coefficient (Wildman–Crippen LogP) is 3.69. The number of ether oxygens (including phenoxy) is 1. The highest BCUT2D eigenvalue weighted by molar-refractivity contribution is 5.19. The molecule has 0 heterocycles. The molecular formula is C17H32N2O. The molecule has 0 aromatic heterocycles. The Bertz CT molecular complexity index is 339. The third-order valence-electron chi connectivity index (χ3n) is 5.50. The van der Waals surface area contributed by atoms with Crippen molar-refractivity contribution in [3.05, 3.63) is 11.6 Å². The molecule has 1 unspecified atom stereocenters. The van der Waals surface area contributed by atoms with Crippen LogP contribution in [0.2, 0.25) is 0 Å². The molecular weight excluding hydrogens is 248 g/mol. The van der Waals surface area contributed by atoms with Crippen LogP contribution >= 0.6 is 0 Å². The standard InChI is InChI=1S/C17H32N2O/c1-16(2)10-12-17(20-3,13-11-16)15(19-18)14-8-6-4-5-7-9-14/h8,15,19H,4-7,9-13,18H2,1-3H3. The summed E-state index contributed by atoms with van der Waals surface area (Å²) >= 11 is 0. The summed E-state index contributed by atoms with van der Waals surface area (Å²) < 4.78 is 6.04. The van der Waals surface area contributed by atoms with Gasteiger partial charge in [0.15, 0.2) is 0 Å². The maximum Gasteiger partial charge on any atom is 0.0882 e. The van der Waals surface area contributed by atoms with E-state index in [0.29, 0.717) is 5.41 Å². The van der Waals surface area contributed by atoms with Crippen molar-refractivity contribution in [1.82, 2.24) is 5.43 Å². The number of methoxy groups -OCH3 is 1. The molecule has 116 valence electrons. The number of nitrogens with two attached hydrogens (primary N) is 1. The van der Waals surface area contributed by atoms with Gasteiger partial charge in [-0.3, -0.25) is 11.3 Å². The van der Waals surface area contributed by atoms with Gasteiger partial charge in [0, 0.05) is 7.11 Å². The molecule has 0 aliphatic heterocycles. The van der Waals surface area contributed by atoms with Crippen LogP contribution in [0.4, 0.5) is 0 Å². The topological polar surface area (TPSA) is 47.3 Å². The Morgan fingerprint density at radius 2 is 1.85 bits per heavy atom. The van der Waals surface area contributed by atoms with Gasteiger partial charge in [0.05, 0.1) is 11.6 Å². The highest BCUT2D eigenvalue weighted by Crippen LogP contribution is 2.45. The highest BCUT2D eigenvalue weighted by Gasteiger charge is 2.45. The molecule has 0 amide bonds. The molecule has 1 fully saturated rings. The van der Waals surface area contributed by atoms with Gasteiger partial charge in [-0.1, -0.05) is 31.9 Å². The van der Waals surface area contributed by atoms with Crippen molar-refractivity contribution in [3.8, 4) is 0 Å². The molecule has 2 aliphatic carbocycles. The second-order valence-corrected chi connectivity index (χ2v) is 7.41. The van der Waals surface area contributed by atoms with E-state index in [1.54, 1.807) is 0 Å². The first-order valence-corrected chi connectivity index (χ1v) is 8.23. The minimum absolute atomic E-state index is 0.111. The highest BCUT2D eigenvalue weighted by atomic mass is 16.5. The summed E-state index contributed by atoms with van der Waals surface area (Å²) in [6.07, 6.45) is 13.3. The van der Waals surface area contributed by atoms with Crippen molar-refractivity contribution in [2.75, 3.05) is 7.11 Å². The lowest BCUT2D eigenvalue weighted by molar-refractivity contribution is -0.0789. The molecule has 1 saturated carbocycles. The van der Waals surface area contributed by atoms with E-state index in [9.17, 15) is 0 Å². The second kappa shape index (κ2) is 6.59. The maximum atomic E-state index is 6.04. The molecule has 0 bridgehead atoms. The van der Waals surface area contributed by atoms with E-state index in [2.05, 4.69) is 25.3 Å². The van der Waals surface area contributed by atoms with Crippen molar-refractivity contribution < 1.29 is 4.74 Å². The lowest BCUT2D eigenvalue weighted by Gasteiger charge is -2.47. The Labute approximate surface area is 124 Å². The lowest BCUT2D eigenvalue weighted by Crippen LogP contribution is -2.57. The summed E-state index contributed by atoms with van der Waals surface area (Å²) in [7, 11) is 1.86. The van der Waals surface area contributed by atoms with Gasteiger partial charge in [-0.15, -0.1) is 0 Å². The molecule has 0 radical (unpaired) electrons. The van der Waals surface area contributed by atoms with Crippen LogP contribution in [0.1, 0.15) is 71.6 Å². The molecule has 3 N–H and O–H groups in total. The van der Waals surface area contributed by atoms with Crippen LogP contribution in [-0.4, -0.2) is 18.8 Å². The van der Waals surface area contributed by atoms with E-state index in [1.165, 1.54) is 50.5 Å². The van der Waals surface area contributed by atoms with E-state index in [-0.39, 0.29) is 11.6 Å². The monoisotopic (exact) mass is 280 g/mol. The Hall–Kier alpha value is -0.380. The van der Waals surface area contributed by atoms with Crippen LogP contribution in [0.15, 0.2) is 11.6 Å². The fourth-order valence-corrected chi connectivity index (χ4v) is 3.86. The van der Waals surface area contributed by atoms with Crippen molar-refractivity contribution in [2.24, 2.45) is 11.3 Å². The van der Waals surface area contributed by atoms with Crippen molar-refractivity contribution in [2.45, 2.75) is 83.3 Å². The maximum absolute atomic E-state index is 6.04. The smallest absolute Gasteiger partial charge is 0.0882 e. The third-order valence-corrected chi connectivity index (χ3v) is 5.50. The average molecular weight is 280 g/mol. The zero-order chi connectivity index (χ0) is 14.6. The molecule has 0 aromatic carbocycles. The molecule has 2 rings (SSSR count). The SMILES string of the molecule is COC1(C(NN)C2=CCCCCC2)CCC(C)(C)CC1. The molecule has 3 nitrogen and oxygen atoms in total. The van der Waals surface area contributed by atoms with Crippen LogP contribution in [0.25, 0.3) is 0 Å². The van der Waals surface area contributed by atoms with E-state index >= 15 is 0 Å². The minimum Gasteiger partial charge on any atom is -0.376 e. The lowest BCUT2D eigenvalue weighted by atomic mass is 9.67. The van der Waals surface area contributed by atoms with Crippen molar-refractivity contribution in [3.63, 3.8) is 0 Å². The Morgan fingerprint density at radius 3 is 2.45 bits per heavy atom. The molecule has 0 saturated heterocycles. The first-order valence-electron chi connectivity index (χ1n) is 8.23. The molecule has 20 heavy (non-hydrogen) atoms. The number of allylic oxidation sites excluding steroid dienone is 1. The summed E-state index contributed by atoms with van der Waals surface area (Å²) in [4.78, 5) is 0. The Balaban J connectivity index is 2.17. The summed E-state index contributed by atoms with van der Waals surface area (Å²) in [6, 6.07) is 0.182. The Morgan fingerprint density at radius 1 is 1.15 bits per heavy atom.